The Hall–Kier alpha value is -1.60. The van der Waals surface area contributed by atoms with E-state index in [1.807, 2.05) is 0 Å². The summed E-state index contributed by atoms with van der Waals surface area (Å²) in [6.07, 6.45) is 3.83. The minimum atomic E-state index is 0.286. The van der Waals surface area contributed by atoms with Gasteiger partial charge in [-0.1, -0.05) is 48.5 Å². The van der Waals surface area contributed by atoms with E-state index in [4.69, 9.17) is 0 Å². The van der Waals surface area contributed by atoms with E-state index in [9.17, 15) is 0 Å². The van der Waals surface area contributed by atoms with E-state index in [2.05, 4.69) is 67.5 Å². The van der Waals surface area contributed by atoms with Gasteiger partial charge in [0, 0.05) is 11.3 Å². The van der Waals surface area contributed by atoms with Gasteiger partial charge in [-0.05, 0) is 62.2 Å². The molecule has 0 fully saturated rings. The zero-order valence-electron chi connectivity index (χ0n) is 13.0. The monoisotopic (exact) mass is 277 g/mol. The Balaban J connectivity index is 1.78. The van der Waals surface area contributed by atoms with Gasteiger partial charge in [-0.15, -0.1) is 0 Å². The van der Waals surface area contributed by atoms with Crippen LogP contribution in [0.25, 0.3) is 0 Å². The topological polar surface area (TPSA) is 3.24 Å². The average Bonchev–Trinajstić information content (AvgIpc) is 3.00. The Morgan fingerprint density at radius 1 is 0.952 bits per heavy atom. The molecular weight excluding hydrogens is 254 g/mol. The molecule has 0 amide bonds. The third kappa shape index (κ3) is 1.80. The first kappa shape index (κ1) is 13.1. The third-order valence-electron chi connectivity index (χ3n) is 5.47. The van der Waals surface area contributed by atoms with Gasteiger partial charge in [-0.2, -0.15) is 0 Å². The van der Waals surface area contributed by atoms with Gasteiger partial charge in [0.25, 0.3) is 0 Å². The standard InChI is InChI=1S/C20H23N/c1-21(2)13-7-12-20-14-17(15-8-3-5-10-18(15)20)16-9-4-6-11-19(16)20/h3-6,8-11,17H,7,12-14H2,1-2H3. The molecule has 2 aliphatic carbocycles. The minimum Gasteiger partial charge on any atom is -0.309 e. The lowest BCUT2D eigenvalue weighted by Crippen LogP contribution is -2.25. The highest BCUT2D eigenvalue weighted by molar-refractivity contribution is 5.62. The molecule has 2 aromatic carbocycles. The molecule has 0 spiro atoms. The fourth-order valence-electron chi connectivity index (χ4n) is 4.64. The molecule has 2 aliphatic rings. The van der Waals surface area contributed by atoms with Crippen LogP contribution >= 0.6 is 0 Å². The molecule has 0 heterocycles. The maximum atomic E-state index is 2.38. The lowest BCUT2D eigenvalue weighted by molar-refractivity contribution is 0.363. The molecule has 0 saturated carbocycles. The van der Waals surface area contributed by atoms with Crippen molar-refractivity contribution in [2.45, 2.75) is 30.6 Å². The fourth-order valence-corrected chi connectivity index (χ4v) is 4.64. The van der Waals surface area contributed by atoms with Crippen LogP contribution in [0, 0.1) is 0 Å². The van der Waals surface area contributed by atoms with Crippen LogP contribution in [0.15, 0.2) is 48.5 Å². The summed E-state index contributed by atoms with van der Waals surface area (Å²) < 4.78 is 0. The molecule has 0 unspecified atom stereocenters. The van der Waals surface area contributed by atoms with E-state index in [-0.39, 0.29) is 5.41 Å². The number of benzene rings is 2. The van der Waals surface area contributed by atoms with Crippen molar-refractivity contribution in [1.82, 2.24) is 4.90 Å². The van der Waals surface area contributed by atoms with Crippen LogP contribution in [0.2, 0.25) is 0 Å². The average molecular weight is 277 g/mol. The predicted molar refractivity (Wildman–Crippen MR) is 87.9 cm³/mol. The van der Waals surface area contributed by atoms with Crippen molar-refractivity contribution in [2.24, 2.45) is 0 Å². The van der Waals surface area contributed by atoms with Crippen LogP contribution in [0.1, 0.15) is 47.4 Å². The van der Waals surface area contributed by atoms with Gasteiger partial charge in [-0.3, -0.25) is 0 Å². The number of nitrogens with zero attached hydrogens (tertiary/aromatic N) is 1. The van der Waals surface area contributed by atoms with E-state index >= 15 is 0 Å². The maximum absolute atomic E-state index is 2.38. The van der Waals surface area contributed by atoms with Gasteiger partial charge in [0.1, 0.15) is 0 Å². The molecule has 0 N–H and O–H groups in total. The summed E-state index contributed by atoms with van der Waals surface area (Å²) in [7, 11) is 4.34. The highest BCUT2D eigenvalue weighted by Gasteiger charge is 2.51. The number of hydrogen-bond donors (Lipinski definition) is 0. The van der Waals surface area contributed by atoms with Crippen molar-refractivity contribution in [3.8, 4) is 0 Å². The van der Waals surface area contributed by atoms with Crippen molar-refractivity contribution < 1.29 is 0 Å². The summed E-state index contributed by atoms with van der Waals surface area (Å²) in [4.78, 5) is 2.30. The van der Waals surface area contributed by atoms with Crippen molar-refractivity contribution in [1.29, 1.82) is 0 Å². The molecule has 2 bridgehead atoms. The molecule has 1 heteroatoms. The quantitative estimate of drug-likeness (QED) is 0.811. The molecule has 4 rings (SSSR count). The van der Waals surface area contributed by atoms with Crippen molar-refractivity contribution in [3.05, 3.63) is 70.8 Å². The Kier molecular flexibility index (Phi) is 2.93. The summed E-state index contributed by atoms with van der Waals surface area (Å²) in [6, 6.07) is 18.3. The van der Waals surface area contributed by atoms with Gasteiger partial charge >= 0.3 is 0 Å². The normalized spacial score (nSPS) is 25.2. The number of fused-ring (bicyclic) bond motifs is 8. The second-order valence-corrected chi connectivity index (χ2v) is 6.92. The largest absolute Gasteiger partial charge is 0.309 e. The molecule has 108 valence electrons. The second-order valence-electron chi connectivity index (χ2n) is 6.92. The fraction of sp³-hybridized carbons (Fsp3) is 0.400. The predicted octanol–water partition coefficient (Wildman–Crippen LogP) is 4.16. The van der Waals surface area contributed by atoms with Crippen LogP contribution in [-0.2, 0) is 5.41 Å². The van der Waals surface area contributed by atoms with E-state index in [1.54, 1.807) is 22.3 Å². The molecule has 0 saturated heterocycles. The minimum absolute atomic E-state index is 0.286. The van der Waals surface area contributed by atoms with Crippen molar-refractivity contribution in [2.75, 3.05) is 20.6 Å². The van der Waals surface area contributed by atoms with Crippen LogP contribution in [0.5, 0.6) is 0 Å². The first-order valence-electron chi connectivity index (χ1n) is 8.06. The van der Waals surface area contributed by atoms with E-state index < -0.39 is 0 Å². The maximum Gasteiger partial charge on any atom is 0.0218 e. The molecule has 0 atom stereocenters. The SMILES string of the molecule is CN(C)CCCC12CC(c3ccccc31)c1ccccc12. The van der Waals surface area contributed by atoms with Gasteiger partial charge in [-0.25, -0.2) is 0 Å². The zero-order valence-corrected chi connectivity index (χ0v) is 13.0. The van der Waals surface area contributed by atoms with Gasteiger partial charge in [0.2, 0.25) is 0 Å². The Morgan fingerprint density at radius 2 is 1.52 bits per heavy atom. The summed E-state index contributed by atoms with van der Waals surface area (Å²) >= 11 is 0. The number of hydrogen-bond acceptors (Lipinski definition) is 1. The van der Waals surface area contributed by atoms with Crippen molar-refractivity contribution in [3.63, 3.8) is 0 Å². The Morgan fingerprint density at radius 3 is 2.10 bits per heavy atom. The molecule has 21 heavy (non-hydrogen) atoms. The van der Waals surface area contributed by atoms with Gasteiger partial charge < -0.3 is 4.90 Å². The van der Waals surface area contributed by atoms with Gasteiger partial charge in [0.15, 0.2) is 0 Å². The van der Waals surface area contributed by atoms with E-state index in [0.29, 0.717) is 5.92 Å². The van der Waals surface area contributed by atoms with Crippen LogP contribution in [0.3, 0.4) is 0 Å². The summed E-state index contributed by atoms with van der Waals surface area (Å²) in [5.74, 6) is 0.636. The molecular formula is C20H23N. The first-order chi connectivity index (χ1) is 10.2. The smallest absolute Gasteiger partial charge is 0.0218 e. The van der Waals surface area contributed by atoms with E-state index in [1.165, 1.54) is 25.8 Å². The van der Waals surface area contributed by atoms with Crippen molar-refractivity contribution >= 4 is 0 Å². The number of rotatable bonds is 4. The molecule has 0 radical (unpaired) electrons. The van der Waals surface area contributed by atoms with E-state index in [0.717, 1.165) is 0 Å². The summed E-state index contributed by atoms with van der Waals surface area (Å²) in [5, 5.41) is 0. The van der Waals surface area contributed by atoms with Crippen LogP contribution in [0.4, 0.5) is 0 Å². The zero-order chi connectivity index (χ0) is 14.4. The lowest BCUT2D eigenvalue weighted by atomic mass is 9.72. The highest BCUT2D eigenvalue weighted by atomic mass is 15.0. The Labute approximate surface area is 127 Å². The van der Waals surface area contributed by atoms with Gasteiger partial charge in [0.05, 0.1) is 0 Å². The first-order valence-corrected chi connectivity index (χ1v) is 8.06. The lowest BCUT2D eigenvalue weighted by Gasteiger charge is -2.32. The summed E-state index contributed by atoms with van der Waals surface area (Å²) in [5.41, 5.74) is 6.66. The Bertz CT molecular complexity index is 624. The molecule has 0 aromatic heterocycles. The molecule has 1 nitrogen and oxygen atoms in total. The second kappa shape index (κ2) is 4.71. The van der Waals surface area contributed by atoms with Crippen LogP contribution in [-0.4, -0.2) is 25.5 Å². The summed E-state index contributed by atoms with van der Waals surface area (Å²) in [6.45, 7) is 1.18. The molecule has 0 aliphatic heterocycles. The third-order valence-corrected chi connectivity index (χ3v) is 5.47. The molecule has 2 aromatic rings. The highest BCUT2D eigenvalue weighted by Crippen LogP contribution is 2.61. The van der Waals surface area contributed by atoms with Crippen LogP contribution < -0.4 is 0 Å².